The number of likely N-dealkylation sites (tertiary alicyclic amines) is 1. The molecule has 1 aliphatic rings. The van der Waals surface area contributed by atoms with Crippen LogP contribution in [-0.2, 0) is 11.3 Å². The minimum atomic E-state index is -0.999. The van der Waals surface area contributed by atoms with Crippen LogP contribution in [0.15, 0.2) is 41.3 Å². The van der Waals surface area contributed by atoms with Crippen molar-refractivity contribution in [2.45, 2.75) is 32.0 Å². The predicted octanol–water partition coefficient (Wildman–Crippen LogP) is 1.77. The summed E-state index contributed by atoms with van der Waals surface area (Å²) in [6, 6.07) is 6.04. The quantitative estimate of drug-likeness (QED) is 0.920. The van der Waals surface area contributed by atoms with Gasteiger partial charge in [-0.1, -0.05) is 6.07 Å². The highest BCUT2D eigenvalue weighted by Gasteiger charge is 2.35. The fourth-order valence-corrected chi connectivity index (χ4v) is 3.10. The second-order valence-corrected chi connectivity index (χ2v) is 6.30. The molecule has 2 heterocycles. The molecule has 0 radical (unpaired) electrons. The van der Waals surface area contributed by atoms with Crippen molar-refractivity contribution in [1.82, 2.24) is 9.47 Å². The Labute approximate surface area is 143 Å². The molecule has 7 heteroatoms. The SMILES string of the molecule is Cc1ccn(CC(=O)N2C[C@@H](O)C[C@H]2c2ccc(F)c(F)c2)c(=O)c1. The number of aliphatic hydroxyl groups excluding tert-OH is 1. The number of amides is 1. The molecule has 1 aromatic carbocycles. The Balaban J connectivity index is 1.84. The number of β-amino-alcohol motifs (C(OH)–C–C–N with tert-alkyl or cyclic N) is 1. The number of halogens is 2. The molecule has 0 aliphatic carbocycles. The smallest absolute Gasteiger partial charge is 0.251 e. The number of carbonyl (C=O) groups excluding carboxylic acids is 1. The van der Waals surface area contributed by atoms with Crippen molar-refractivity contribution in [2.75, 3.05) is 6.54 Å². The lowest BCUT2D eigenvalue weighted by Gasteiger charge is -2.25. The Morgan fingerprint density at radius 3 is 2.68 bits per heavy atom. The van der Waals surface area contributed by atoms with E-state index in [4.69, 9.17) is 0 Å². The van der Waals surface area contributed by atoms with Crippen molar-refractivity contribution < 1.29 is 18.7 Å². The Morgan fingerprint density at radius 1 is 1.24 bits per heavy atom. The molecule has 25 heavy (non-hydrogen) atoms. The second-order valence-electron chi connectivity index (χ2n) is 6.30. The van der Waals surface area contributed by atoms with Crippen LogP contribution in [-0.4, -0.2) is 33.1 Å². The van der Waals surface area contributed by atoms with Gasteiger partial charge in [-0.2, -0.15) is 0 Å². The number of hydrogen-bond acceptors (Lipinski definition) is 3. The first-order valence-corrected chi connectivity index (χ1v) is 7.94. The van der Waals surface area contributed by atoms with E-state index in [0.29, 0.717) is 5.56 Å². The number of rotatable bonds is 3. The van der Waals surface area contributed by atoms with E-state index in [1.807, 2.05) is 0 Å². The van der Waals surface area contributed by atoms with Crippen LogP contribution >= 0.6 is 0 Å². The highest BCUT2D eigenvalue weighted by molar-refractivity contribution is 5.77. The van der Waals surface area contributed by atoms with Gasteiger partial charge in [-0.25, -0.2) is 8.78 Å². The van der Waals surface area contributed by atoms with Crippen LogP contribution in [0.2, 0.25) is 0 Å². The largest absolute Gasteiger partial charge is 0.391 e. The summed E-state index contributed by atoms with van der Waals surface area (Å²) < 4.78 is 27.9. The topological polar surface area (TPSA) is 62.5 Å². The van der Waals surface area contributed by atoms with Crippen LogP contribution < -0.4 is 5.56 Å². The summed E-state index contributed by atoms with van der Waals surface area (Å²) in [5.74, 6) is -2.33. The molecule has 132 valence electrons. The highest BCUT2D eigenvalue weighted by Crippen LogP contribution is 2.33. The van der Waals surface area contributed by atoms with Crippen LogP contribution in [0.3, 0.4) is 0 Å². The van der Waals surface area contributed by atoms with Crippen LogP contribution in [0.5, 0.6) is 0 Å². The van der Waals surface area contributed by atoms with E-state index in [9.17, 15) is 23.5 Å². The maximum Gasteiger partial charge on any atom is 0.251 e. The molecule has 3 rings (SSSR count). The fraction of sp³-hybridized carbons (Fsp3) is 0.333. The summed E-state index contributed by atoms with van der Waals surface area (Å²) >= 11 is 0. The monoisotopic (exact) mass is 348 g/mol. The molecule has 1 amide bonds. The normalized spacial score (nSPS) is 20.1. The number of carbonyl (C=O) groups is 1. The van der Waals surface area contributed by atoms with E-state index in [-0.39, 0.29) is 31.0 Å². The zero-order chi connectivity index (χ0) is 18.1. The lowest BCUT2D eigenvalue weighted by molar-refractivity contribution is -0.133. The maximum atomic E-state index is 13.5. The van der Waals surface area contributed by atoms with E-state index in [1.54, 1.807) is 13.0 Å². The number of aliphatic hydroxyl groups is 1. The first kappa shape index (κ1) is 17.3. The van der Waals surface area contributed by atoms with Crippen LogP contribution in [0, 0.1) is 18.6 Å². The third-order valence-electron chi connectivity index (χ3n) is 4.38. The summed E-state index contributed by atoms with van der Waals surface area (Å²) in [4.78, 5) is 26.0. The first-order valence-electron chi connectivity index (χ1n) is 7.94. The molecule has 0 unspecified atom stereocenters. The van der Waals surface area contributed by atoms with Gasteiger partial charge in [-0.15, -0.1) is 0 Å². The van der Waals surface area contributed by atoms with Gasteiger partial charge in [0.25, 0.3) is 5.56 Å². The van der Waals surface area contributed by atoms with Crippen LogP contribution in [0.1, 0.15) is 23.6 Å². The Morgan fingerprint density at radius 2 is 2.00 bits per heavy atom. The van der Waals surface area contributed by atoms with Crippen LogP contribution in [0.4, 0.5) is 8.78 Å². The van der Waals surface area contributed by atoms with Crippen molar-refractivity contribution >= 4 is 5.91 Å². The third kappa shape index (κ3) is 3.61. The fourth-order valence-electron chi connectivity index (χ4n) is 3.10. The van der Waals surface area contributed by atoms with Gasteiger partial charge in [0.15, 0.2) is 11.6 Å². The second kappa shape index (κ2) is 6.76. The average Bonchev–Trinajstić information content (AvgIpc) is 2.95. The van der Waals surface area contributed by atoms with Gasteiger partial charge in [-0.3, -0.25) is 9.59 Å². The van der Waals surface area contributed by atoms with Gasteiger partial charge in [0.1, 0.15) is 6.54 Å². The van der Waals surface area contributed by atoms with E-state index in [2.05, 4.69) is 0 Å². The molecular weight excluding hydrogens is 330 g/mol. The third-order valence-corrected chi connectivity index (χ3v) is 4.38. The zero-order valence-electron chi connectivity index (χ0n) is 13.7. The molecule has 1 aromatic heterocycles. The first-order chi connectivity index (χ1) is 11.8. The lowest BCUT2D eigenvalue weighted by Crippen LogP contribution is -2.36. The Kier molecular flexibility index (Phi) is 4.67. The standard InChI is InChI=1S/C18H18F2N2O3/c1-11-4-5-21(17(24)6-11)10-18(25)22-9-13(23)8-16(22)12-2-3-14(19)15(20)7-12/h2-7,13,16,23H,8-10H2,1H3/t13-,16-/m0/s1. The number of nitrogens with zero attached hydrogens (tertiary/aromatic N) is 2. The van der Waals surface area contributed by atoms with Gasteiger partial charge < -0.3 is 14.6 Å². The highest BCUT2D eigenvalue weighted by atomic mass is 19.2. The van der Waals surface area contributed by atoms with Gasteiger partial charge in [-0.05, 0) is 42.7 Å². The lowest BCUT2D eigenvalue weighted by atomic mass is 10.0. The van der Waals surface area contributed by atoms with E-state index < -0.39 is 23.8 Å². The summed E-state index contributed by atoms with van der Waals surface area (Å²) in [6.45, 7) is 1.69. The maximum absolute atomic E-state index is 13.5. The molecule has 1 saturated heterocycles. The van der Waals surface area contributed by atoms with E-state index in [0.717, 1.165) is 17.7 Å². The van der Waals surface area contributed by atoms with Crippen LogP contribution in [0.25, 0.3) is 0 Å². The molecule has 0 saturated carbocycles. The minimum Gasteiger partial charge on any atom is -0.391 e. The summed E-state index contributed by atoms with van der Waals surface area (Å²) in [5, 5.41) is 9.93. The zero-order valence-corrected chi connectivity index (χ0v) is 13.7. The molecule has 1 aliphatic heterocycles. The Hall–Kier alpha value is -2.54. The summed E-state index contributed by atoms with van der Waals surface area (Å²) in [7, 11) is 0. The molecule has 2 aromatic rings. The number of benzene rings is 1. The number of hydrogen-bond donors (Lipinski definition) is 1. The molecule has 5 nitrogen and oxygen atoms in total. The number of aromatic nitrogens is 1. The van der Waals surface area contributed by atoms with Gasteiger partial charge in [0, 0.05) is 18.8 Å². The van der Waals surface area contributed by atoms with Crippen molar-refractivity contribution in [3.63, 3.8) is 0 Å². The van der Waals surface area contributed by atoms with E-state index >= 15 is 0 Å². The van der Waals surface area contributed by atoms with Gasteiger partial charge in [0.05, 0.1) is 12.1 Å². The molecule has 2 atom stereocenters. The van der Waals surface area contributed by atoms with Crippen molar-refractivity contribution in [1.29, 1.82) is 0 Å². The molecular formula is C18H18F2N2O3. The molecule has 0 bridgehead atoms. The van der Waals surface area contributed by atoms with Gasteiger partial charge >= 0.3 is 0 Å². The Bertz CT molecular complexity index is 866. The van der Waals surface area contributed by atoms with Gasteiger partial charge in [0.2, 0.25) is 5.91 Å². The summed E-state index contributed by atoms with van der Waals surface area (Å²) in [6.07, 6.45) is 1.02. The molecule has 1 N–H and O–H groups in total. The number of pyridine rings is 1. The predicted molar refractivity (Wildman–Crippen MR) is 86.9 cm³/mol. The average molecular weight is 348 g/mol. The van der Waals surface area contributed by atoms with Crippen molar-refractivity contribution in [3.8, 4) is 0 Å². The minimum absolute atomic E-state index is 0.0864. The van der Waals surface area contributed by atoms with E-state index in [1.165, 1.54) is 27.8 Å². The number of aryl methyl sites for hydroxylation is 1. The van der Waals surface area contributed by atoms with Crippen molar-refractivity contribution in [3.05, 3.63) is 69.6 Å². The van der Waals surface area contributed by atoms with Crippen molar-refractivity contribution in [2.24, 2.45) is 0 Å². The summed E-state index contributed by atoms with van der Waals surface area (Å²) in [5.41, 5.74) is 0.919. The molecule has 1 fully saturated rings. The molecule has 0 spiro atoms.